The summed E-state index contributed by atoms with van der Waals surface area (Å²) in [6, 6.07) is 8.08. The molecule has 3 nitrogen and oxygen atoms in total. The number of benzene rings is 1. The molecule has 1 heterocycles. The molecular weight excluding hydrogens is 198 g/mol. The van der Waals surface area contributed by atoms with Gasteiger partial charge < -0.3 is 5.32 Å². The van der Waals surface area contributed by atoms with Gasteiger partial charge in [-0.2, -0.15) is 5.26 Å². The van der Waals surface area contributed by atoms with E-state index in [1.165, 1.54) is 11.1 Å². The number of aryl methyl sites for hydroxylation is 2. The van der Waals surface area contributed by atoms with Crippen LogP contribution >= 0.6 is 0 Å². The molecule has 0 saturated carbocycles. The van der Waals surface area contributed by atoms with Crippen LogP contribution in [0, 0.1) is 25.2 Å². The third-order valence-electron chi connectivity index (χ3n) is 2.87. The van der Waals surface area contributed by atoms with E-state index in [1.54, 1.807) is 7.05 Å². The second-order valence-electron chi connectivity index (χ2n) is 3.83. The van der Waals surface area contributed by atoms with Crippen molar-refractivity contribution in [3.63, 3.8) is 0 Å². The molecule has 0 aliphatic rings. The quantitative estimate of drug-likeness (QED) is 0.789. The lowest BCUT2D eigenvalue weighted by Gasteiger charge is -2.08. The monoisotopic (exact) mass is 211 g/mol. The Morgan fingerprint density at radius 2 is 2.06 bits per heavy atom. The molecule has 1 N–H and O–H groups in total. The van der Waals surface area contributed by atoms with Gasteiger partial charge in [-0.3, -0.25) is 0 Å². The Bertz CT molecular complexity index is 594. The summed E-state index contributed by atoms with van der Waals surface area (Å²) in [5.74, 6) is 0.642. The molecule has 0 aliphatic carbocycles. The zero-order valence-electron chi connectivity index (χ0n) is 9.63. The first-order valence-electron chi connectivity index (χ1n) is 5.16. The standard InChI is InChI=1S/C13H13N3/c1-8-4-5-10-6-11(7-14)13(15-3)16-12(10)9(8)2/h4-6H,1-3H3,(H,15,16). The van der Waals surface area contributed by atoms with Gasteiger partial charge in [-0.15, -0.1) is 0 Å². The maximum absolute atomic E-state index is 9.00. The summed E-state index contributed by atoms with van der Waals surface area (Å²) in [6.45, 7) is 4.11. The van der Waals surface area contributed by atoms with Gasteiger partial charge >= 0.3 is 0 Å². The van der Waals surface area contributed by atoms with Gasteiger partial charge in [0.15, 0.2) is 0 Å². The van der Waals surface area contributed by atoms with Crippen molar-refractivity contribution in [3.8, 4) is 6.07 Å². The van der Waals surface area contributed by atoms with E-state index in [4.69, 9.17) is 5.26 Å². The van der Waals surface area contributed by atoms with Crippen molar-refractivity contribution in [2.45, 2.75) is 13.8 Å². The SMILES string of the molecule is CNc1nc2c(C)c(C)ccc2cc1C#N. The van der Waals surface area contributed by atoms with Gasteiger partial charge in [0.05, 0.1) is 11.1 Å². The summed E-state index contributed by atoms with van der Waals surface area (Å²) < 4.78 is 0. The predicted octanol–water partition coefficient (Wildman–Crippen LogP) is 2.77. The summed E-state index contributed by atoms with van der Waals surface area (Å²) in [5.41, 5.74) is 3.92. The molecule has 1 aromatic carbocycles. The molecule has 0 fully saturated rings. The van der Waals surface area contributed by atoms with Crippen LogP contribution in [-0.4, -0.2) is 12.0 Å². The molecule has 0 saturated heterocycles. The molecule has 80 valence electrons. The van der Waals surface area contributed by atoms with Gasteiger partial charge in [-0.1, -0.05) is 12.1 Å². The van der Waals surface area contributed by atoms with Crippen molar-refractivity contribution in [1.29, 1.82) is 5.26 Å². The number of hydrogen-bond donors (Lipinski definition) is 1. The van der Waals surface area contributed by atoms with E-state index in [0.29, 0.717) is 11.4 Å². The Morgan fingerprint density at radius 3 is 2.69 bits per heavy atom. The Kier molecular flexibility index (Phi) is 2.49. The largest absolute Gasteiger partial charge is 0.372 e. The normalized spacial score (nSPS) is 10.1. The van der Waals surface area contributed by atoms with Crippen LogP contribution in [0.5, 0.6) is 0 Å². The highest BCUT2D eigenvalue weighted by Gasteiger charge is 2.07. The fraction of sp³-hybridized carbons (Fsp3) is 0.231. The first-order chi connectivity index (χ1) is 7.67. The molecule has 0 radical (unpaired) electrons. The Morgan fingerprint density at radius 1 is 1.31 bits per heavy atom. The second-order valence-corrected chi connectivity index (χ2v) is 3.83. The van der Waals surface area contributed by atoms with Crippen molar-refractivity contribution >= 4 is 16.7 Å². The lowest BCUT2D eigenvalue weighted by molar-refractivity contribution is 1.28. The zero-order chi connectivity index (χ0) is 11.7. The minimum absolute atomic E-state index is 0.582. The molecule has 3 heteroatoms. The minimum Gasteiger partial charge on any atom is -0.372 e. The second kappa shape index (κ2) is 3.82. The van der Waals surface area contributed by atoms with Crippen LogP contribution in [0.4, 0.5) is 5.82 Å². The predicted molar refractivity (Wildman–Crippen MR) is 65.5 cm³/mol. The smallest absolute Gasteiger partial charge is 0.144 e. The van der Waals surface area contributed by atoms with E-state index in [0.717, 1.165) is 10.9 Å². The molecule has 1 aromatic heterocycles. The Hall–Kier alpha value is -2.08. The van der Waals surface area contributed by atoms with E-state index < -0.39 is 0 Å². The molecule has 16 heavy (non-hydrogen) atoms. The van der Waals surface area contributed by atoms with Crippen LogP contribution in [0.2, 0.25) is 0 Å². The molecule has 0 atom stereocenters. The van der Waals surface area contributed by atoms with Gasteiger partial charge in [-0.25, -0.2) is 4.98 Å². The number of nitrogens with zero attached hydrogens (tertiary/aromatic N) is 2. The molecule has 2 aromatic rings. The average molecular weight is 211 g/mol. The third-order valence-corrected chi connectivity index (χ3v) is 2.87. The van der Waals surface area contributed by atoms with Crippen LogP contribution < -0.4 is 5.32 Å². The number of nitrogens with one attached hydrogen (secondary N) is 1. The topological polar surface area (TPSA) is 48.7 Å². The lowest BCUT2D eigenvalue weighted by Crippen LogP contribution is -1.98. The number of anilines is 1. The van der Waals surface area contributed by atoms with Gasteiger partial charge in [0.25, 0.3) is 0 Å². The Labute approximate surface area is 94.7 Å². The Balaban J connectivity index is 2.85. The lowest BCUT2D eigenvalue weighted by atomic mass is 10.0. The maximum atomic E-state index is 9.00. The fourth-order valence-corrected chi connectivity index (χ4v) is 1.76. The zero-order valence-corrected chi connectivity index (χ0v) is 9.63. The summed E-state index contributed by atoms with van der Waals surface area (Å²) in [4.78, 5) is 4.49. The molecule has 0 amide bonds. The molecule has 2 rings (SSSR count). The first kappa shape index (κ1) is 10.4. The summed E-state index contributed by atoms with van der Waals surface area (Å²) in [6.07, 6.45) is 0. The molecule has 0 unspecified atom stereocenters. The van der Waals surface area contributed by atoms with Crippen molar-refractivity contribution in [3.05, 3.63) is 34.9 Å². The van der Waals surface area contributed by atoms with Crippen LogP contribution in [0.3, 0.4) is 0 Å². The van der Waals surface area contributed by atoms with Gasteiger partial charge in [-0.05, 0) is 31.0 Å². The highest BCUT2D eigenvalue weighted by Crippen LogP contribution is 2.24. The van der Waals surface area contributed by atoms with Crippen molar-refractivity contribution in [1.82, 2.24) is 4.98 Å². The third kappa shape index (κ3) is 1.49. The highest BCUT2D eigenvalue weighted by atomic mass is 15.0. The molecule has 0 bridgehead atoms. The van der Waals surface area contributed by atoms with Crippen LogP contribution in [-0.2, 0) is 0 Å². The fourth-order valence-electron chi connectivity index (χ4n) is 1.76. The van der Waals surface area contributed by atoms with Gasteiger partial charge in [0.1, 0.15) is 11.9 Å². The summed E-state index contributed by atoms with van der Waals surface area (Å²) in [7, 11) is 1.78. The summed E-state index contributed by atoms with van der Waals surface area (Å²) in [5, 5.41) is 13.0. The number of aromatic nitrogens is 1. The highest BCUT2D eigenvalue weighted by molar-refractivity contribution is 5.86. The van der Waals surface area contributed by atoms with E-state index >= 15 is 0 Å². The number of pyridine rings is 1. The van der Waals surface area contributed by atoms with E-state index in [2.05, 4.69) is 36.3 Å². The average Bonchev–Trinajstić information content (AvgIpc) is 2.32. The van der Waals surface area contributed by atoms with E-state index in [-0.39, 0.29) is 0 Å². The van der Waals surface area contributed by atoms with E-state index in [1.807, 2.05) is 12.1 Å². The van der Waals surface area contributed by atoms with Crippen LogP contribution in [0.15, 0.2) is 18.2 Å². The number of fused-ring (bicyclic) bond motifs is 1. The van der Waals surface area contributed by atoms with Crippen molar-refractivity contribution in [2.75, 3.05) is 12.4 Å². The van der Waals surface area contributed by atoms with Gasteiger partial charge in [0.2, 0.25) is 0 Å². The van der Waals surface area contributed by atoms with Crippen LogP contribution in [0.1, 0.15) is 16.7 Å². The van der Waals surface area contributed by atoms with E-state index in [9.17, 15) is 0 Å². The van der Waals surface area contributed by atoms with Crippen LogP contribution in [0.25, 0.3) is 10.9 Å². The van der Waals surface area contributed by atoms with Gasteiger partial charge in [0, 0.05) is 12.4 Å². The number of rotatable bonds is 1. The first-order valence-corrected chi connectivity index (χ1v) is 5.16. The molecular formula is C13H13N3. The number of hydrogen-bond acceptors (Lipinski definition) is 3. The summed E-state index contributed by atoms with van der Waals surface area (Å²) >= 11 is 0. The van der Waals surface area contributed by atoms with Crippen molar-refractivity contribution < 1.29 is 0 Å². The minimum atomic E-state index is 0.582. The molecule has 0 aliphatic heterocycles. The maximum Gasteiger partial charge on any atom is 0.144 e. The number of nitriles is 1. The van der Waals surface area contributed by atoms with Crippen molar-refractivity contribution in [2.24, 2.45) is 0 Å². The molecule has 0 spiro atoms.